The van der Waals surface area contributed by atoms with Gasteiger partial charge in [-0.05, 0) is 12.1 Å². The van der Waals surface area contributed by atoms with Gasteiger partial charge in [0.15, 0.2) is 12.2 Å². The number of ether oxygens (including phenoxy) is 1. The molecule has 0 radical (unpaired) electrons. The Bertz CT molecular complexity index is 243. The summed E-state index contributed by atoms with van der Waals surface area (Å²) in [7, 11) is 0. The van der Waals surface area contributed by atoms with E-state index < -0.39 is 0 Å². The molecule has 0 saturated heterocycles. The highest BCUT2D eigenvalue weighted by molar-refractivity contribution is 5.22. The van der Waals surface area contributed by atoms with Gasteiger partial charge < -0.3 is 9.84 Å². The van der Waals surface area contributed by atoms with Crippen LogP contribution in [0.4, 0.5) is 0 Å². The molecular weight excluding hydrogens is 128 g/mol. The zero-order chi connectivity index (χ0) is 7.23. The minimum atomic E-state index is 0.629. The molecule has 1 rings (SSSR count). The highest BCUT2D eigenvalue weighted by Gasteiger charge is 1.84. The normalized spacial score (nSPS) is 7.60. The average Bonchev–Trinajstić information content (AvgIpc) is 2.03. The van der Waals surface area contributed by atoms with Gasteiger partial charge in [0.05, 0.1) is 0 Å². The average molecular weight is 134 g/mol. The van der Waals surface area contributed by atoms with Crippen molar-refractivity contribution in [2.75, 3.05) is 0 Å². The second-order valence-corrected chi connectivity index (χ2v) is 1.63. The molecule has 0 aromatic heterocycles. The van der Waals surface area contributed by atoms with Gasteiger partial charge in [-0.15, -0.1) is 0 Å². The lowest BCUT2D eigenvalue weighted by atomic mass is 10.3. The molecule has 1 aromatic rings. The van der Waals surface area contributed by atoms with E-state index in [2.05, 4.69) is 6.11 Å². The first kappa shape index (κ1) is 6.50. The fourth-order valence-electron chi connectivity index (χ4n) is 0.570. The van der Waals surface area contributed by atoms with Crippen LogP contribution in [0.2, 0.25) is 0 Å². The van der Waals surface area contributed by atoms with E-state index in [0.717, 1.165) is 0 Å². The van der Waals surface area contributed by atoms with Gasteiger partial charge in [-0.3, -0.25) is 0 Å². The van der Waals surface area contributed by atoms with Gasteiger partial charge in [0.1, 0.15) is 5.75 Å². The van der Waals surface area contributed by atoms with Crippen LogP contribution in [0.5, 0.6) is 5.75 Å². The predicted molar refractivity (Wildman–Crippen MR) is 36.8 cm³/mol. The molecule has 0 amide bonds. The van der Waals surface area contributed by atoms with Crippen molar-refractivity contribution in [2.45, 2.75) is 0 Å². The first-order valence-corrected chi connectivity index (χ1v) is 2.79. The third-order valence-electron chi connectivity index (χ3n) is 0.958. The quantitative estimate of drug-likeness (QED) is 0.587. The number of aliphatic hydroxyl groups is 1. The number of benzene rings is 1. The molecule has 2 nitrogen and oxygen atoms in total. The number of rotatable bonds is 1. The number of para-hydroxylation sites is 1. The van der Waals surface area contributed by atoms with Crippen LogP contribution in [0.3, 0.4) is 0 Å². The number of aliphatic hydroxyl groups excluding tert-OH is 1. The molecule has 50 valence electrons. The zero-order valence-corrected chi connectivity index (χ0v) is 5.24. The highest BCUT2D eigenvalue weighted by Crippen LogP contribution is 2.06. The summed E-state index contributed by atoms with van der Waals surface area (Å²) >= 11 is 0. The largest absolute Gasteiger partial charge is 0.460 e. The number of hydrogen-bond donors (Lipinski definition) is 1. The van der Waals surface area contributed by atoms with Crippen LogP contribution >= 0.6 is 0 Å². The lowest BCUT2D eigenvalue weighted by Crippen LogP contribution is -1.79. The van der Waals surface area contributed by atoms with E-state index in [0.29, 0.717) is 5.75 Å². The molecule has 0 heterocycles. The van der Waals surface area contributed by atoms with E-state index in [-0.39, 0.29) is 0 Å². The Labute approximate surface area is 59.1 Å². The maximum atomic E-state index is 8.04. The molecule has 1 aromatic carbocycles. The molecule has 0 fully saturated rings. The summed E-state index contributed by atoms with van der Waals surface area (Å²) in [4.78, 5) is 0. The molecule has 2 heteroatoms. The fraction of sp³-hybridized carbons (Fsp3) is 0. The van der Waals surface area contributed by atoms with E-state index in [4.69, 9.17) is 9.84 Å². The van der Waals surface area contributed by atoms with E-state index in [1.165, 1.54) is 0 Å². The minimum Gasteiger partial charge on any atom is -0.460 e. The van der Waals surface area contributed by atoms with Crippen molar-refractivity contribution in [2.24, 2.45) is 0 Å². The first-order valence-electron chi connectivity index (χ1n) is 2.79. The van der Waals surface area contributed by atoms with Gasteiger partial charge in [0.2, 0.25) is 0 Å². The number of hydrogen-bond acceptors (Lipinski definition) is 2. The molecule has 0 unspecified atom stereocenters. The van der Waals surface area contributed by atoms with E-state index in [1.54, 1.807) is 18.2 Å². The molecule has 0 spiro atoms. The van der Waals surface area contributed by atoms with E-state index >= 15 is 0 Å². The standard InChI is InChI=1S/C8H6O2/c9-6-7-10-8-4-2-1-3-5-8/h1-5,9H. The van der Waals surface area contributed by atoms with Crippen molar-refractivity contribution in [3.05, 3.63) is 30.3 Å². The Morgan fingerprint density at radius 1 is 1.20 bits per heavy atom. The molecule has 0 saturated carbocycles. The monoisotopic (exact) mass is 134 g/mol. The van der Waals surface area contributed by atoms with Crippen molar-refractivity contribution < 1.29 is 9.84 Å². The second-order valence-electron chi connectivity index (χ2n) is 1.63. The van der Waals surface area contributed by atoms with E-state index in [1.807, 2.05) is 18.2 Å². The highest BCUT2D eigenvalue weighted by atomic mass is 16.5. The first-order chi connectivity index (χ1) is 4.93. The summed E-state index contributed by atoms with van der Waals surface area (Å²) in [6.45, 7) is 0. The Morgan fingerprint density at radius 3 is 2.50 bits per heavy atom. The topological polar surface area (TPSA) is 29.5 Å². The summed E-state index contributed by atoms with van der Waals surface area (Å²) in [5.41, 5.74) is 0. The van der Waals surface area contributed by atoms with Crippen LogP contribution in [0.1, 0.15) is 0 Å². The van der Waals surface area contributed by atoms with Crippen LogP contribution in [0.15, 0.2) is 30.3 Å². The molecule has 1 N–H and O–H groups in total. The van der Waals surface area contributed by atoms with Crippen LogP contribution < -0.4 is 4.74 Å². The lowest BCUT2D eigenvalue weighted by Gasteiger charge is -1.91. The van der Waals surface area contributed by atoms with Gasteiger partial charge in [0.25, 0.3) is 0 Å². The smallest absolute Gasteiger partial charge is 0.160 e. The third kappa shape index (κ3) is 1.71. The van der Waals surface area contributed by atoms with Crippen molar-refractivity contribution in [3.8, 4) is 18.0 Å². The lowest BCUT2D eigenvalue weighted by molar-refractivity contribution is 0.475. The predicted octanol–water partition coefficient (Wildman–Crippen LogP) is 1.36. The van der Waals surface area contributed by atoms with Gasteiger partial charge in [-0.1, -0.05) is 18.2 Å². The molecular formula is C8H6O2. The molecule has 10 heavy (non-hydrogen) atoms. The molecule has 0 atom stereocenters. The molecule has 0 aliphatic heterocycles. The van der Waals surface area contributed by atoms with Gasteiger partial charge >= 0.3 is 0 Å². The third-order valence-corrected chi connectivity index (χ3v) is 0.958. The molecule has 0 aliphatic rings. The Balaban J connectivity index is 2.64. The maximum absolute atomic E-state index is 8.04. The summed E-state index contributed by atoms with van der Waals surface area (Å²) in [6, 6.07) is 9.04. The summed E-state index contributed by atoms with van der Waals surface area (Å²) in [5, 5.41) is 8.04. The van der Waals surface area contributed by atoms with E-state index in [9.17, 15) is 0 Å². The zero-order valence-electron chi connectivity index (χ0n) is 5.24. The summed E-state index contributed by atoms with van der Waals surface area (Å²) in [5.74, 6) is 0.629. The van der Waals surface area contributed by atoms with Crippen molar-refractivity contribution in [1.29, 1.82) is 0 Å². The van der Waals surface area contributed by atoms with Crippen LogP contribution in [0.25, 0.3) is 0 Å². The summed E-state index contributed by atoms with van der Waals surface area (Å²) < 4.78 is 4.74. The fourth-order valence-corrected chi connectivity index (χ4v) is 0.570. The summed E-state index contributed by atoms with van der Waals surface area (Å²) in [6.07, 6.45) is 3.71. The molecule has 0 aliphatic carbocycles. The minimum absolute atomic E-state index is 0.629. The second kappa shape index (κ2) is 3.41. The van der Waals surface area contributed by atoms with Crippen LogP contribution in [-0.4, -0.2) is 5.11 Å². The van der Waals surface area contributed by atoms with Crippen molar-refractivity contribution in [1.82, 2.24) is 0 Å². The Morgan fingerprint density at radius 2 is 1.90 bits per heavy atom. The SMILES string of the molecule is OC#COc1ccccc1. The molecule has 0 bridgehead atoms. The Hall–Kier alpha value is -1.62. The van der Waals surface area contributed by atoms with Crippen molar-refractivity contribution in [3.63, 3.8) is 0 Å². The Kier molecular flexibility index (Phi) is 2.22. The van der Waals surface area contributed by atoms with Gasteiger partial charge in [-0.2, -0.15) is 0 Å². The van der Waals surface area contributed by atoms with Gasteiger partial charge in [0, 0.05) is 0 Å². The van der Waals surface area contributed by atoms with Gasteiger partial charge in [-0.25, -0.2) is 0 Å². The van der Waals surface area contributed by atoms with Crippen LogP contribution in [-0.2, 0) is 0 Å². The van der Waals surface area contributed by atoms with Crippen molar-refractivity contribution >= 4 is 0 Å². The maximum Gasteiger partial charge on any atom is 0.160 e. The van der Waals surface area contributed by atoms with Crippen LogP contribution in [0, 0.1) is 12.2 Å².